The Labute approximate surface area is 81.9 Å². The molecular formula is C6H15Cl2NSi2. The highest BCUT2D eigenvalue weighted by atomic mass is 35.6. The fourth-order valence-electron chi connectivity index (χ4n) is 1.15. The van der Waals surface area contributed by atoms with Gasteiger partial charge in [-0.2, -0.15) is 0 Å². The zero-order valence-corrected chi connectivity index (χ0v) is 11.1. The van der Waals surface area contributed by atoms with Crippen molar-refractivity contribution in [2.45, 2.75) is 39.8 Å². The van der Waals surface area contributed by atoms with Crippen LogP contribution in [0.3, 0.4) is 0 Å². The molecule has 0 saturated carbocycles. The van der Waals surface area contributed by atoms with Gasteiger partial charge in [0.1, 0.15) is 7.92 Å². The lowest BCUT2D eigenvalue weighted by Gasteiger charge is -2.32. The molecule has 0 N–H and O–H groups in total. The monoisotopic (exact) mass is 227 g/mol. The smallest absolute Gasteiger partial charge is 0.223 e. The highest BCUT2D eigenvalue weighted by Gasteiger charge is 2.14. The molecule has 0 bridgehead atoms. The standard InChI is InChI=1S/C6H15Cl2NSi2/c1-5(2)9(6(3)4)11(8)10-7/h5-6,10H,1-4H3/b11-10+. The molecule has 0 aromatic carbocycles. The van der Waals surface area contributed by atoms with Crippen LogP contribution >= 0.6 is 22.2 Å². The molecule has 1 nitrogen and oxygen atoms in total. The van der Waals surface area contributed by atoms with Gasteiger partial charge >= 0.3 is 0 Å². The molecule has 66 valence electrons. The summed E-state index contributed by atoms with van der Waals surface area (Å²) in [5.41, 5.74) is 0. The van der Waals surface area contributed by atoms with Gasteiger partial charge in [0.2, 0.25) is 7.36 Å². The van der Waals surface area contributed by atoms with Gasteiger partial charge in [-0.05, 0) is 27.7 Å². The predicted octanol–water partition coefficient (Wildman–Crippen LogP) is 1.92. The van der Waals surface area contributed by atoms with Crippen molar-refractivity contribution in [3.63, 3.8) is 0 Å². The Kier molecular flexibility index (Phi) is 5.86. The Morgan fingerprint density at radius 2 is 1.55 bits per heavy atom. The zero-order chi connectivity index (χ0) is 9.02. The molecule has 0 aliphatic heterocycles. The summed E-state index contributed by atoms with van der Waals surface area (Å²) in [7, 11) is -0.995. The van der Waals surface area contributed by atoms with E-state index in [1.165, 1.54) is 0 Å². The van der Waals surface area contributed by atoms with Crippen molar-refractivity contribution in [3.8, 4) is 0 Å². The van der Waals surface area contributed by atoms with Gasteiger partial charge in [0.05, 0.1) is 0 Å². The topological polar surface area (TPSA) is 3.24 Å². The normalized spacial score (nSPS) is 12.9. The van der Waals surface area contributed by atoms with Gasteiger partial charge in [-0.1, -0.05) is 0 Å². The lowest BCUT2D eigenvalue weighted by atomic mass is 10.3. The number of rotatable bonds is 3. The van der Waals surface area contributed by atoms with Crippen molar-refractivity contribution in [3.05, 3.63) is 0 Å². The average Bonchev–Trinajstić information content (AvgIpc) is 1.85. The second-order valence-corrected chi connectivity index (χ2v) is 10.9. The van der Waals surface area contributed by atoms with Crippen LogP contribution in [0.4, 0.5) is 0 Å². The van der Waals surface area contributed by atoms with E-state index in [1.54, 1.807) is 0 Å². The van der Waals surface area contributed by atoms with Crippen LogP contribution in [0, 0.1) is 0 Å². The number of hydrogen-bond donors (Lipinski definition) is 0. The summed E-state index contributed by atoms with van der Waals surface area (Å²) in [5.74, 6) is 0. The summed E-state index contributed by atoms with van der Waals surface area (Å²) in [5, 5.41) is 0. The highest BCUT2D eigenvalue weighted by Crippen LogP contribution is 2.06. The molecule has 11 heavy (non-hydrogen) atoms. The van der Waals surface area contributed by atoms with E-state index in [9.17, 15) is 0 Å². The van der Waals surface area contributed by atoms with Gasteiger partial charge < -0.3 is 4.57 Å². The van der Waals surface area contributed by atoms with Gasteiger partial charge in [-0.3, -0.25) is 0 Å². The van der Waals surface area contributed by atoms with Crippen molar-refractivity contribution in [2.75, 3.05) is 0 Å². The Hall–Kier alpha value is 0.814. The quantitative estimate of drug-likeness (QED) is 0.527. The molecular weight excluding hydrogens is 213 g/mol. The minimum atomic E-state index is -0.912. The van der Waals surface area contributed by atoms with Crippen molar-refractivity contribution in [1.29, 1.82) is 0 Å². The van der Waals surface area contributed by atoms with Gasteiger partial charge in [0, 0.05) is 12.1 Å². The lowest BCUT2D eigenvalue weighted by Crippen LogP contribution is -2.42. The first-order chi connectivity index (χ1) is 5.00. The summed E-state index contributed by atoms with van der Waals surface area (Å²) in [6.45, 7) is 8.66. The highest BCUT2D eigenvalue weighted by molar-refractivity contribution is 7.28. The molecule has 0 aliphatic rings. The Morgan fingerprint density at radius 1 is 1.18 bits per heavy atom. The van der Waals surface area contributed by atoms with Gasteiger partial charge in [0.25, 0.3) is 0 Å². The maximum Gasteiger partial charge on any atom is 0.223 e. The maximum absolute atomic E-state index is 6.15. The summed E-state index contributed by atoms with van der Waals surface area (Å²) < 4.78 is 2.33. The maximum atomic E-state index is 6.15. The molecule has 0 spiro atoms. The van der Waals surface area contributed by atoms with E-state index in [4.69, 9.17) is 22.2 Å². The molecule has 0 aromatic rings. The number of hydrogen-bond acceptors (Lipinski definition) is 1. The largest absolute Gasteiger partial charge is 0.394 e. The third-order valence-corrected chi connectivity index (χ3v) is 9.02. The second kappa shape index (κ2) is 5.46. The van der Waals surface area contributed by atoms with Crippen LogP contribution < -0.4 is 0 Å². The first-order valence-corrected chi connectivity index (χ1v) is 9.76. The first kappa shape index (κ1) is 11.8. The third-order valence-electron chi connectivity index (χ3n) is 1.45. The molecule has 0 radical (unpaired) electrons. The molecule has 5 heteroatoms. The molecule has 0 rings (SSSR count). The number of halogens is 2. The van der Waals surface area contributed by atoms with E-state index in [2.05, 4.69) is 32.3 Å². The van der Waals surface area contributed by atoms with E-state index in [1.807, 2.05) is 0 Å². The molecule has 0 aliphatic carbocycles. The molecule has 0 saturated heterocycles. The summed E-state index contributed by atoms with van der Waals surface area (Å²) in [6, 6.07) is 1.04. The van der Waals surface area contributed by atoms with Crippen LogP contribution in [0.15, 0.2) is 0 Å². The van der Waals surface area contributed by atoms with E-state index >= 15 is 0 Å². The van der Waals surface area contributed by atoms with Gasteiger partial charge in [-0.25, -0.2) is 0 Å². The minimum absolute atomic E-state index is 0.0832. The molecule has 0 fully saturated rings. The van der Waals surface area contributed by atoms with E-state index in [0.29, 0.717) is 12.1 Å². The second-order valence-electron chi connectivity index (χ2n) is 3.03. The van der Waals surface area contributed by atoms with Crippen molar-refractivity contribution >= 4 is 37.4 Å². The number of nitrogens with zero attached hydrogens (tertiary/aromatic N) is 1. The molecule has 0 aromatic heterocycles. The summed E-state index contributed by atoms with van der Waals surface area (Å²) in [6.07, 6.45) is 0. The molecule has 0 heterocycles. The van der Waals surface area contributed by atoms with Crippen LogP contribution in [0.2, 0.25) is 0 Å². The van der Waals surface area contributed by atoms with E-state index in [0.717, 1.165) is 0 Å². The molecule has 0 unspecified atom stereocenters. The Balaban J connectivity index is 4.35. The zero-order valence-electron chi connectivity index (χ0n) is 7.44. The third kappa shape index (κ3) is 3.83. The average molecular weight is 228 g/mol. The fraction of sp³-hybridized carbons (Fsp3) is 1.00. The van der Waals surface area contributed by atoms with E-state index < -0.39 is 7.36 Å². The van der Waals surface area contributed by atoms with Crippen molar-refractivity contribution in [1.82, 2.24) is 4.57 Å². The molecule has 0 amide bonds. The molecule has 0 atom stereocenters. The predicted molar refractivity (Wildman–Crippen MR) is 56.7 cm³/mol. The Bertz CT molecular complexity index is 140. The van der Waals surface area contributed by atoms with Crippen LogP contribution in [0.25, 0.3) is 0 Å². The van der Waals surface area contributed by atoms with Crippen molar-refractivity contribution in [2.24, 2.45) is 0 Å². The summed E-state index contributed by atoms with van der Waals surface area (Å²) in [4.78, 5) is 0. The first-order valence-electron chi connectivity index (χ1n) is 3.75. The van der Waals surface area contributed by atoms with Gasteiger partial charge in [-0.15, -0.1) is 22.2 Å². The summed E-state index contributed by atoms with van der Waals surface area (Å²) >= 11 is 11.9. The van der Waals surface area contributed by atoms with E-state index in [-0.39, 0.29) is 7.92 Å². The van der Waals surface area contributed by atoms with Crippen LogP contribution in [-0.4, -0.2) is 31.9 Å². The lowest BCUT2D eigenvalue weighted by molar-refractivity contribution is 0.316. The Morgan fingerprint density at radius 3 is 1.64 bits per heavy atom. The van der Waals surface area contributed by atoms with Crippen LogP contribution in [0.1, 0.15) is 27.7 Å². The van der Waals surface area contributed by atoms with Crippen LogP contribution in [-0.2, 0) is 0 Å². The van der Waals surface area contributed by atoms with Crippen LogP contribution in [0.5, 0.6) is 0 Å². The fourth-order valence-corrected chi connectivity index (χ4v) is 6.56. The van der Waals surface area contributed by atoms with Crippen molar-refractivity contribution < 1.29 is 0 Å². The SMILES string of the molecule is CC(C)N(C(C)C)/[Si](Cl)=[SiH]/Cl. The minimum Gasteiger partial charge on any atom is -0.394 e. The van der Waals surface area contributed by atoms with Gasteiger partial charge in [0.15, 0.2) is 0 Å².